The number of alkyl halides is 1. The summed E-state index contributed by atoms with van der Waals surface area (Å²) in [6, 6.07) is 4.60. The Morgan fingerprint density at radius 3 is 2.67 bits per heavy atom. The molecule has 0 aliphatic rings. The average molecular weight is 226 g/mol. The molecule has 1 rings (SSSR count). The second-order valence-corrected chi connectivity index (χ2v) is 3.22. The predicted molar refractivity (Wildman–Crippen MR) is 53.7 cm³/mol. The minimum Gasteiger partial charge on any atom is -0.508 e. The van der Waals surface area contributed by atoms with Crippen LogP contribution < -0.4 is 0 Å². The molecule has 0 spiro atoms. The number of rotatable bonds is 3. The standard InChI is InChI=1S/C10H8ClNO3/c11-4-8-7(5-12)1-6(2-9(8)13)3-10(14)15/h1-2,13H,3-4H2,(H,14,15). The Hall–Kier alpha value is -1.73. The summed E-state index contributed by atoms with van der Waals surface area (Å²) < 4.78 is 0. The Labute approximate surface area is 91.3 Å². The van der Waals surface area contributed by atoms with Gasteiger partial charge in [0.2, 0.25) is 0 Å². The summed E-state index contributed by atoms with van der Waals surface area (Å²) in [7, 11) is 0. The predicted octanol–water partition coefficient (Wildman–Crippen LogP) is 1.63. The van der Waals surface area contributed by atoms with Crippen molar-refractivity contribution in [1.82, 2.24) is 0 Å². The van der Waals surface area contributed by atoms with Gasteiger partial charge in [-0.2, -0.15) is 5.26 Å². The Morgan fingerprint density at radius 1 is 1.53 bits per heavy atom. The van der Waals surface area contributed by atoms with Crippen LogP contribution in [0.5, 0.6) is 5.75 Å². The fourth-order valence-corrected chi connectivity index (χ4v) is 1.51. The molecular formula is C10H8ClNO3. The van der Waals surface area contributed by atoms with Crippen LogP contribution >= 0.6 is 11.6 Å². The minimum absolute atomic E-state index is 0.0160. The number of halogens is 1. The molecule has 1 aromatic rings. The summed E-state index contributed by atoms with van der Waals surface area (Å²) >= 11 is 5.55. The molecule has 0 aromatic heterocycles. The van der Waals surface area contributed by atoms with Crippen LogP contribution in [0.2, 0.25) is 0 Å². The number of carbonyl (C=O) groups is 1. The number of aliphatic carboxylic acids is 1. The Bertz CT molecular complexity index is 437. The van der Waals surface area contributed by atoms with Gasteiger partial charge in [0.05, 0.1) is 23.9 Å². The van der Waals surface area contributed by atoms with Crippen LogP contribution in [0.15, 0.2) is 12.1 Å². The van der Waals surface area contributed by atoms with Crippen LogP contribution in [-0.4, -0.2) is 16.2 Å². The summed E-state index contributed by atoms with van der Waals surface area (Å²) in [6.45, 7) is 0. The second-order valence-electron chi connectivity index (χ2n) is 2.96. The number of carboxylic acids is 1. The van der Waals surface area contributed by atoms with Gasteiger partial charge in [-0.15, -0.1) is 11.6 Å². The molecule has 0 unspecified atom stereocenters. The molecule has 0 saturated carbocycles. The molecule has 1 aromatic carbocycles. The van der Waals surface area contributed by atoms with Crippen LogP contribution in [0.3, 0.4) is 0 Å². The lowest BCUT2D eigenvalue weighted by molar-refractivity contribution is -0.136. The Balaban J connectivity index is 3.21. The van der Waals surface area contributed by atoms with Crippen molar-refractivity contribution in [2.45, 2.75) is 12.3 Å². The molecule has 0 radical (unpaired) electrons. The van der Waals surface area contributed by atoms with Crippen molar-refractivity contribution in [3.63, 3.8) is 0 Å². The number of aromatic hydroxyl groups is 1. The van der Waals surface area contributed by atoms with E-state index in [1.807, 2.05) is 6.07 Å². The normalized spacial score (nSPS) is 9.60. The monoisotopic (exact) mass is 225 g/mol. The molecule has 0 aliphatic heterocycles. The van der Waals surface area contributed by atoms with Crippen LogP contribution in [0.4, 0.5) is 0 Å². The molecule has 0 saturated heterocycles. The molecule has 78 valence electrons. The lowest BCUT2D eigenvalue weighted by atomic mass is 10.0. The van der Waals surface area contributed by atoms with Gasteiger partial charge in [0.25, 0.3) is 0 Å². The van der Waals surface area contributed by atoms with E-state index in [0.29, 0.717) is 11.1 Å². The quantitative estimate of drug-likeness (QED) is 0.766. The first-order valence-corrected chi connectivity index (χ1v) is 4.64. The Morgan fingerprint density at radius 2 is 2.20 bits per heavy atom. The van der Waals surface area contributed by atoms with Crippen molar-refractivity contribution < 1.29 is 15.0 Å². The smallest absolute Gasteiger partial charge is 0.307 e. The first kappa shape index (κ1) is 11.3. The van der Waals surface area contributed by atoms with Crippen molar-refractivity contribution in [3.05, 3.63) is 28.8 Å². The number of nitriles is 1. The number of hydrogen-bond donors (Lipinski definition) is 2. The maximum Gasteiger partial charge on any atom is 0.307 e. The summed E-state index contributed by atoms with van der Waals surface area (Å²) in [5, 5.41) is 26.8. The number of nitrogens with zero attached hydrogens (tertiary/aromatic N) is 1. The largest absolute Gasteiger partial charge is 0.508 e. The zero-order valence-electron chi connectivity index (χ0n) is 7.70. The molecule has 15 heavy (non-hydrogen) atoms. The maximum absolute atomic E-state index is 10.4. The molecular weight excluding hydrogens is 218 g/mol. The van der Waals surface area contributed by atoms with Crippen molar-refractivity contribution in [3.8, 4) is 11.8 Å². The second kappa shape index (κ2) is 4.67. The molecule has 2 N–H and O–H groups in total. The van der Waals surface area contributed by atoms with Gasteiger partial charge in [-0.05, 0) is 17.7 Å². The van der Waals surface area contributed by atoms with Gasteiger partial charge in [0.15, 0.2) is 0 Å². The topological polar surface area (TPSA) is 81.3 Å². The van der Waals surface area contributed by atoms with Crippen LogP contribution in [0, 0.1) is 11.3 Å². The van der Waals surface area contributed by atoms with Gasteiger partial charge in [0, 0.05) is 5.56 Å². The van der Waals surface area contributed by atoms with E-state index in [2.05, 4.69) is 0 Å². The third-order valence-electron chi connectivity index (χ3n) is 1.90. The average Bonchev–Trinajstić information content (AvgIpc) is 2.15. The minimum atomic E-state index is -1.02. The van der Waals surface area contributed by atoms with Gasteiger partial charge in [-0.1, -0.05) is 0 Å². The van der Waals surface area contributed by atoms with Crippen molar-refractivity contribution in [2.24, 2.45) is 0 Å². The molecule has 0 aliphatic carbocycles. The molecule has 4 nitrogen and oxygen atoms in total. The number of carboxylic acid groups (broad SMARTS) is 1. The summed E-state index contributed by atoms with van der Waals surface area (Å²) in [6.07, 6.45) is -0.231. The van der Waals surface area contributed by atoms with Gasteiger partial charge in [-0.25, -0.2) is 0 Å². The van der Waals surface area contributed by atoms with Gasteiger partial charge >= 0.3 is 5.97 Å². The highest BCUT2D eigenvalue weighted by Gasteiger charge is 2.10. The third-order valence-corrected chi connectivity index (χ3v) is 2.16. The van der Waals surface area contributed by atoms with Gasteiger partial charge < -0.3 is 10.2 Å². The first-order valence-electron chi connectivity index (χ1n) is 4.11. The molecule has 0 bridgehead atoms. The van der Waals surface area contributed by atoms with Crippen LogP contribution in [0.1, 0.15) is 16.7 Å². The lowest BCUT2D eigenvalue weighted by Gasteiger charge is -2.05. The number of phenolic OH excluding ortho intramolecular Hbond substituents is 1. The molecule has 5 heteroatoms. The summed E-state index contributed by atoms with van der Waals surface area (Å²) in [4.78, 5) is 10.4. The SMILES string of the molecule is N#Cc1cc(CC(=O)O)cc(O)c1CCl. The Kier molecular flexibility index (Phi) is 3.53. The highest BCUT2D eigenvalue weighted by atomic mass is 35.5. The van der Waals surface area contributed by atoms with E-state index < -0.39 is 5.97 Å². The van der Waals surface area contributed by atoms with E-state index in [9.17, 15) is 9.90 Å². The van der Waals surface area contributed by atoms with Gasteiger partial charge in [-0.3, -0.25) is 4.79 Å². The van der Waals surface area contributed by atoms with E-state index in [0.717, 1.165) is 0 Å². The molecule has 0 heterocycles. The zero-order chi connectivity index (χ0) is 11.4. The summed E-state index contributed by atoms with van der Waals surface area (Å²) in [5.41, 5.74) is 0.917. The van der Waals surface area contributed by atoms with E-state index >= 15 is 0 Å². The lowest BCUT2D eigenvalue weighted by Crippen LogP contribution is -2.01. The summed E-state index contributed by atoms with van der Waals surface area (Å²) in [5.74, 6) is -1.14. The highest BCUT2D eigenvalue weighted by molar-refractivity contribution is 6.17. The number of benzene rings is 1. The molecule has 0 amide bonds. The van der Waals surface area contributed by atoms with Crippen molar-refractivity contribution in [1.29, 1.82) is 5.26 Å². The number of hydrogen-bond acceptors (Lipinski definition) is 3. The van der Waals surface area contributed by atoms with Crippen molar-refractivity contribution in [2.75, 3.05) is 0 Å². The van der Waals surface area contributed by atoms with E-state index in [1.165, 1.54) is 12.1 Å². The highest BCUT2D eigenvalue weighted by Crippen LogP contribution is 2.25. The zero-order valence-corrected chi connectivity index (χ0v) is 8.45. The van der Waals surface area contributed by atoms with Crippen LogP contribution in [0.25, 0.3) is 0 Å². The molecule has 0 atom stereocenters. The first-order chi connectivity index (χ1) is 7.08. The maximum atomic E-state index is 10.4. The van der Waals surface area contributed by atoms with Crippen LogP contribution in [-0.2, 0) is 17.1 Å². The number of phenols is 1. The van der Waals surface area contributed by atoms with E-state index in [1.54, 1.807) is 0 Å². The van der Waals surface area contributed by atoms with Gasteiger partial charge in [0.1, 0.15) is 5.75 Å². The molecule has 0 fully saturated rings. The van der Waals surface area contributed by atoms with Crippen molar-refractivity contribution >= 4 is 17.6 Å². The van der Waals surface area contributed by atoms with E-state index in [-0.39, 0.29) is 23.6 Å². The van der Waals surface area contributed by atoms with E-state index in [4.69, 9.17) is 22.0 Å². The fourth-order valence-electron chi connectivity index (χ4n) is 1.23. The third kappa shape index (κ3) is 2.61. The fraction of sp³-hybridized carbons (Fsp3) is 0.200.